The van der Waals surface area contributed by atoms with Crippen LogP contribution in [0.2, 0.25) is 0 Å². The monoisotopic (exact) mass is 741 g/mol. The van der Waals surface area contributed by atoms with Crippen LogP contribution in [-0.4, -0.2) is 0 Å². The molecular weight excluding hydrogens is 699 g/mol. The standard InChI is InChI=1S/C57H43N/c1-2-8-39(9-3-1)40-15-17-41(18-16-40)42-21-27-48(28-22-42)58(50-31-33-52-46(35-50)20-19-44-10-4-5-11-51(44)52)49-29-23-43(24-30-49)45-25-32-54-53-12-6-7-13-55(53)57(56(54)36-45)37-38-14-26-47(57)34-38/h1-13,15-25,27-33,35-36,38,47H,14,26,34,37H2. The summed E-state index contributed by atoms with van der Waals surface area (Å²) in [6.07, 6.45) is 5.45. The molecular formula is C57H43N. The van der Waals surface area contributed by atoms with E-state index in [9.17, 15) is 0 Å². The van der Waals surface area contributed by atoms with Crippen LogP contribution in [0.25, 0.3) is 66.1 Å². The first-order valence-corrected chi connectivity index (χ1v) is 21.0. The molecule has 3 atom stereocenters. The lowest BCUT2D eigenvalue weighted by molar-refractivity contribution is 0.327. The normalized spacial score (nSPS) is 18.8. The number of rotatable bonds is 6. The van der Waals surface area contributed by atoms with Crippen molar-refractivity contribution in [2.45, 2.75) is 31.1 Å². The first-order valence-electron chi connectivity index (χ1n) is 21.0. The Balaban J connectivity index is 0.921. The molecule has 3 aliphatic rings. The third-order valence-corrected chi connectivity index (χ3v) is 13.9. The van der Waals surface area contributed by atoms with E-state index >= 15 is 0 Å². The molecule has 0 aliphatic heterocycles. The number of hydrogen-bond donors (Lipinski definition) is 0. The van der Waals surface area contributed by atoms with Gasteiger partial charge in [0.2, 0.25) is 0 Å². The predicted octanol–water partition coefficient (Wildman–Crippen LogP) is 15.6. The van der Waals surface area contributed by atoms with E-state index in [-0.39, 0.29) is 5.41 Å². The Bertz CT molecular complexity index is 3000. The van der Waals surface area contributed by atoms with Crippen LogP contribution in [0.5, 0.6) is 0 Å². The van der Waals surface area contributed by atoms with Gasteiger partial charge >= 0.3 is 0 Å². The van der Waals surface area contributed by atoms with E-state index in [2.05, 4.69) is 205 Å². The summed E-state index contributed by atoms with van der Waals surface area (Å²) >= 11 is 0. The number of benzene rings is 9. The summed E-state index contributed by atoms with van der Waals surface area (Å²) in [6.45, 7) is 0. The SMILES string of the molecule is c1ccc(-c2ccc(-c3ccc(N(c4ccc(-c5ccc6c(c5)C5(CC7CCC5C7)c5ccccc5-6)cc4)c4ccc5c(ccc6ccccc65)c4)cc3)cc2)cc1. The fourth-order valence-corrected chi connectivity index (χ4v) is 11.2. The van der Waals surface area contributed by atoms with Gasteiger partial charge in [-0.05, 0) is 151 Å². The third-order valence-electron chi connectivity index (χ3n) is 13.9. The van der Waals surface area contributed by atoms with Crippen molar-refractivity contribution in [3.8, 4) is 44.5 Å². The molecule has 0 saturated heterocycles. The molecule has 0 radical (unpaired) electrons. The zero-order valence-corrected chi connectivity index (χ0v) is 32.5. The van der Waals surface area contributed by atoms with Gasteiger partial charge in [-0.15, -0.1) is 0 Å². The Morgan fingerprint density at radius 1 is 0.379 bits per heavy atom. The van der Waals surface area contributed by atoms with Gasteiger partial charge in [-0.2, -0.15) is 0 Å². The summed E-state index contributed by atoms with van der Waals surface area (Å²) in [7, 11) is 0. The molecule has 3 unspecified atom stereocenters. The van der Waals surface area contributed by atoms with E-state index in [0.29, 0.717) is 0 Å². The molecule has 1 spiro atoms. The maximum atomic E-state index is 2.56. The van der Waals surface area contributed by atoms with Crippen molar-refractivity contribution in [3.05, 3.63) is 211 Å². The lowest BCUT2D eigenvalue weighted by Crippen LogP contribution is -2.31. The zero-order chi connectivity index (χ0) is 38.2. The molecule has 2 saturated carbocycles. The van der Waals surface area contributed by atoms with Crippen LogP contribution in [0, 0.1) is 11.8 Å². The second-order valence-electron chi connectivity index (χ2n) is 16.9. The van der Waals surface area contributed by atoms with E-state index < -0.39 is 0 Å². The summed E-state index contributed by atoms with van der Waals surface area (Å²) in [5.41, 5.74) is 17.1. The quantitative estimate of drug-likeness (QED) is 0.153. The molecule has 9 aromatic carbocycles. The maximum absolute atomic E-state index is 2.56. The molecule has 2 bridgehead atoms. The van der Waals surface area contributed by atoms with Gasteiger partial charge in [0, 0.05) is 22.5 Å². The van der Waals surface area contributed by atoms with Gasteiger partial charge in [0.25, 0.3) is 0 Å². The Labute approximate surface area is 340 Å². The number of anilines is 3. The Kier molecular flexibility index (Phi) is 7.60. The molecule has 2 fully saturated rings. The third kappa shape index (κ3) is 5.23. The first-order chi connectivity index (χ1) is 28.7. The minimum absolute atomic E-state index is 0.180. The summed E-state index contributed by atoms with van der Waals surface area (Å²) in [4.78, 5) is 2.41. The molecule has 0 N–H and O–H groups in total. The highest BCUT2D eigenvalue weighted by atomic mass is 15.1. The summed E-state index contributed by atoms with van der Waals surface area (Å²) in [5, 5.41) is 5.07. The Hall–Kier alpha value is -6.70. The Morgan fingerprint density at radius 3 is 1.64 bits per heavy atom. The van der Waals surface area contributed by atoms with Crippen molar-refractivity contribution < 1.29 is 0 Å². The fourth-order valence-electron chi connectivity index (χ4n) is 11.2. The van der Waals surface area contributed by atoms with Crippen molar-refractivity contribution in [3.63, 3.8) is 0 Å². The lowest BCUT2D eigenvalue weighted by Gasteiger charge is -2.36. The van der Waals surface area contributed by atoms with Crippen molar-refractivity contribution in [1.29, 1.82) is 0 Å². The molecule has 1 nitrogen and oxygen atoms in total. The number of fused-ring (bicyclic) bond motifs is 11. The fraction of sp³-hybridized carbons (Fsp3) is 0.123. The van der Waals surface area contributed by atoms with E-state index in [1.54, 1.807) is 11.1 Å². The van der Waals surface area contributed by atoms with Crippen LogP contribution in [-0.2, 0) is 5.41 Å². The van der Waals surface area contributed by atoms with Gasteiger partial charge in [0.15, 0.2) is 0 Å². The van der Waals surface area contributed by atoms with Crippen LogP contribution in [0.4, 0.5) is 17.1 Å². The minimum atomic E-state index is 0.180. The van der Waals surface area contributed by atoms with E-state index in [1.807, 2.05) is 0 Å². The largest absolute Gasteiger partial charge is 0.310 e. The summed E-state index contributed by atoms with van der Waals surface area (Å²) in [6, 6.07) is 74.6. The van der Waals surface area contributed by atoms with Crippen molar-refractivity contribution in [1.82, 2.24) is 0 Å². The lowest BCUT2D eigenvalue weighted by atomic mass is 9.66. The van der Waals surface area contributed by atoms with Crippen molar-refractivity contribution >= 4 is 38.6 Å². The van der Waals surface area contributed by atoms with E-state index in [1.165, 1.54) is 91.7 Å². The summed E-state index contributed by atoms with van der Waals surface area (Å²) in [5.74, 6) is 1.62. The highest BCUT2D eigenvalue weighted by molar-refractivity contribution is 6.08. The van der Waals surface area contributed by atoms with Crippen LogP contribution in [0.3, 0.4) is 0 Å². The smallest absolute Gasteiger partial charge is 0.0468 e. The molecule has 0 heterocycles. The second kappa shape index (κ2) is 13.2. The van der Waals surface area contributed by atoms with Crippen LogP contribution in [0.15, 0.2) is 200 Å². The van der Waals surface area contributed by atoms with Crippen LogP contribution < -0.4 is 4.90 Å². The van der Waals surface area contributed by atoms with Gasteiger partial charge in [-0.1, -0.05) is 164 Å². The van der Waals surface area contributed by atoms with Crippen molar-refractivity contribution in [2.75, 3.05) is 4.90 Å². The molecule has 58 heavy (non-hydrogen) atoms. The van der Waals surface area contributed by atoms with Crippen LogP contribution in [0.1, 0.15) is 36.8 Å². The maximum Gasteiger partial charge on any atom is 0.0468 e. The van der Waals surface area contributed by atoms with E-state index in [4.69, 9.17) is 0 Å². The molecule has 12 rings (SSSR count). The second-order valence-corrected chi connectivity index (χ2v) is 16.9. The van der Waals surface area contributed by atoms with Crippen LogP contribution >= 0.6 is 0 Å². The number of nitrogens with zero attached hydrogens (tertiary/aromatic N) is 1. The Morgan fingerprint density at radius 2 is 0.931 bits per heavy atom. The van der Waals surface area contributed by atoms with Gasteiger partial charge < -0.3 is 4.90 Å². The molecule has 9 aromatic rings. The van der Waals surface area contributed by atoms with Gasteiger partial charge in [-0.25, -0.2) is 0 Å². The average Bonchev–Trinajstić information content (AvgIpc) is 4.00. The van der Waals surface area contributed by atoms with Gasteiger partial charge in [-0.3, -0.25) is 0 Å². The minimum Gasteiger partial charge on any atom is -0.310 e. The molecule has 276 valence electrons. The van der Waals surface area contributed by atoms with E-state index in [0.717, 1.165) is 28.9 Å². The summed E-state index contributed by atoms with van der Waals surface area (Å²) < 4.78 is 0. The molecule has 3 aliphatic carbocycles. The highest BCUT2D eigenvalue weighted by Gasteiger charge is 2.56. The molecule has 0 amide bonds. The highest BCUT2D eigenvalue weighted by Crippen LogP contribution is 2.65. The van der Waals surface area contributed by atoms with Gasteiger partial charge in [0.1, 0.15) is 0 Å². The van der Waals surface area contributed by atoms with Gasteiger partial charge in [0.05, 0.1) is 0 Å². The molecule has 1 heteroatoms. The average molecular weight is 742 g/mol. The zero-order valence-electron chi connectivity index (χ0n) is 32.5. The molecule has 0 aromatic heterocycles. The number of hydrogen-bond acceptors (Lipinski definition) is 1. The van der Waals surface area contributed by atoms with Crippen molar-refractivity contribution in [2.24, 2.45) is 11.8 Å². The first kappa shape index (κ1) is 33.4. The predicted molar refractivity (Wildman–Crippen MR) is 244 cm³/mol. The topological polar surface area (TPSA) is 3.24 Å².